The second kappa shape index (κ2) is 3.94. The van der Waals surface area contributed by atoms with Crippen molar-refractivity contribution in [2.75, 3.05) is 6.61 Å². The van der Waals surface area contributed by atoms with Gasteiger partial charge in [0.1, 0.15) is 0 Å². The van der Waals surface area contributed by atoms with Crippen molar-refractivity contribution in [3.05, 3.63) is 0 Å². The first kappa shape index (κ1) is 8.02. The second-order valence-corrected chi connectivity index (χ2v) is 3.15. The molecule has 0 unspecified atom stereocenters. The molecular weight excluding hydrogens is 128 g/mol. The molecule has 2 heteroatoms. The monoisotopic (exact) mass is 144 g/mol. The van der Waals surface area contributed by atoms with E-state index in [1.165, 1.54) is 12.8 Å². The molecular formula is C8H16O2. The molecule has 0 heterocycles. The van der Waals surface area contributed by atoms with Gasteiger partial charge in [0.25, 0.3) is 0 Å². The molecule has 0 aliphatic heterocycles. The Morgan fingerprint density at radius 3 is 2.50 bits per heavy atom. The Balaban J connectivity index is 2.35. The number of aliphatic hydroxyl groups excluding tert-OH is 2. The van der Waals surface area contributed by atoms with E-state index in [4.69, 9.17) is 5.11 Å². The van der Waals surface area contributed by atoms with Gasteiger partial charge in [-0.2, -0.15) is 0 Å². The first-order chi connectivity index (χ1) is 4.84. The van der Waals surface area contributed by atoms with Gasteiger partial charge < -0.3 is 10.2 Å². The van der Waals surface area contributed by atoms with E-state index in [2.05, 4.69) is 0 Å². The molecule has 0 amide bonds. The van der Waals surface area contributed by atoms with Crippen LogP contribution in [-0.2, 0) is 0 Å². The van der Waals surface area contributed by atoms with Crippen LogP contribution in [0.1, 0.15) is 32.1 Å². The second-order valence-electron chi connectivity index (χ2n) is 3.15. The lowest BCUT2D eigenvalue weighted by Gasteiger charge is -2.16. The van der Waals surface area contributed by atoms with Crippen LogP contribution in [0.5, 0.6) is 0 Å². The summed E-state index contributed by atoms with van der Waals surface area (Å²) in [7, 11) is 0. The van der Waals surface area contributed by atoms with Gasteiger partial charge >= 0.3 is 0 Å². The van der Waals surface area contributed by atoms with Crippen molar-refractivity contribution in [2.24, 2.45) is 5.92 Å². The largest absolute Gasteiger partial charge is 0.396 e. The van der Waals surface area contributed by atoms with Gasteiger partial charge in [-0.3, -0.25) is 0 Å². The van der Waals surface area contributed by atoms with Crippen molar-refractivity contribution in [3.63, 3.8) is 0 Å². The van der Waals surface area contributed by atoms with E-state index >= 15 is 0 Å². The minimum absolute atomic E-state index is 0.154. The fraction of sp³-hybridized carbons (Fsp3) is 1.00. The molecule has 2 N–H and O–H groups in total. The van der Waals surface area contributed by atoms with Gasteiger partial charge in [0.2, 0.25) is 0 Å². The molecule has 0 saturated heterocycles. The Labute approximate surface area is 61.9 Å². The van der Waals surface area contributed by atoms with E-state index in [0.29, 0.717) is 0 Å². The van der Waals surface area contributed by atoms with Crippen LogP contribution in [0, 0.1) is 5.92 Å². The first-order valence-electron chi connectivity index (χ1n) is 4.13. The molecule has 0 aromatic carbocycles. The topological polar surface area (TPSA) is 40.5 Å². The highest BCUT2D eigenvalue weighted by molar-refractivity contribution is 4.71. The van der Waals surface area contributed by atoms with Gasteiger partial charge in [0.05, 0.1) is 6.10 Å². The Hall–Kier alpha value is -0.0800. The van der Waals surface area contributed by atoms with E-state index < -0.39 is 0 Å². The minimum atomic E-state index is -0.243. The quantitative estimate of drug-likeness (QED) is 0.537. The van der Waals surface area contributed by atoms with Crippen LogP contribution < -0.4 is 0 Å². The zero-order chi connectivity index (χ0) is 7.40. The van der Waals surface area contributed by atoms with Gasteiger partial charge in [-0.05, 0) is 12.8 Å². The molecule has 1 rings (SSSR count). The molecule has 1 aliphatic rings. The molecule has 60 valence electrons. The summed E-state index contributed by atoms with van der Waals surface area (Å²) in [6.07, 6.45) is 5.14. The molecule has 1 saturated carbocycles. The predicted octanol–water partition coefficient (Wildman–Crippen LogP) is 0.920. The van der Waals surface area contributed by atoms with E-state index in [1.54, 1.807) is 0 Å². The molecule has 10 heavy (non-hydrogen) atoms. The third kappa shape index (κ3) is 1.96. The summed E-state index contributed by atoms with van der Waals surface area (Å²) in [4.78, 5) is 0. The lowest BCUT2D eigenvalue weighted by Crippen LogP contribution is -2.21. The van der Waals surface area contributed by atoms with Gasteiger partial charge in [-0.15, -0.1) is 0 Å². The smallest absolute Gasteiger partial charge is 0.0590 e. The van der Waals surface area contributed by atoms with Gasteiger partial charge in [-0.1, -0.05) is 19.3 Å². The average Bonchev–Trinajstić information content (AvgIpc) is 2.13. The molecule has 1 fully saturated rings. The van der Waals surface area contributed by atoms with Crippen LogP contribution >= 0.6 is 0 Å². The van der Waals surface area contributed by atoms with E-state index in [9.17, 15) is 5.11 Å². The van der Waals surface area contributed by atoms with Crippen LogP contribution in [0.2, 0.25) is 0 Å². The Morgan fingerprint density at radius 2 is 1.80 bits per heavy atom. The zero-order valence-corrected chi connectivity index (χ0v) is 6.29. The maximum Gasteiger partial charge on any atom is 0.0590 e. The highest BCUT2D eigenvalue weighted by Gasteiger charge is 2.19. The van der Waals surface area contributed by atoms with Crippen molar-refractivity contribution in [1.29, 1.82) is 0 Å². The lowest BCUT2D eigenvalue weighted by molar-refractivity contribution is 0.0624. The van der Waals surface area contributed by atoms with Crippen LogP contribution in [0.3, 0.4) is 0 Å². The van der Waals surface area contributed by atoms with E-state index in [1.807, 2.05) is 0 Å². The summed E-state index contributed by atoms with van der Waals surface area (Å²) in [5.41, 5.74) is 0. The maximum atomic E-state index is 9.39. The van der Waals surface area contributed by atoms with Crippen LogP contribution in [0.4, 0.5) is 0 Å². The van der Waals surface area contributed by atoms with Crippen molar-refractivity contribution in [3.8, 4) is 0 Å². The summed E-state index contributed by atoms with van der Waals surface area (Å²) < 4.78 is 0. The zero-order valence-electron chi connectivity index (χ0n) is 6.29. The van der Waals surface area contributed by atoms with E-state index in [-0.39, 0.29) is 18.6 Å². The number of hydrogen-bond donors (Lipinski definition) is 2. The summed E-state index contributed by atoms with van der Waals surface area (Å²) in [5.74, 6) is 0.155. The number of rotatable bonds is 1. The lowest BCUT2D eigenvalue weighted by atomic mass is 9.99. The first-order valence-corrected chi connectivity index (χ1v) is 4.13. The summed E-state index contributed by atoms with van der Waals surface area (Å²) >= 11 is 0. The standard InChI is InChI=1S/C8H16O2/c9-6-7-4-2-1-3-5-8(7)10/h7-10H,1-6H2/t7-,8-/m1/s1. The minimum Gasteiger partial charge on any atom is -0.396 e. The van der Waals surface area contributed by atoms with Gasteiger partial charge in [0.15, 0.2) is 0 Å². The Kier molecular flexibility index (Phi) is 3.16. The highest BCUT2D eigenvalue weighted by Crippen LogP contribution is 2.22. The van der Waals surface area contributed by atoms with Gasteiger partial charge in [0, 0.05) is 12.5 Å². The van der Waals surface area contributed by atoms with Crippen molar-refractivity contribution < 1.29 is 10.2 Å². The molecule has 1 aliphatic carbocycles. The Bertz CT molecular complexity index is 93.3. The van der Waals surface area contributed by atoms with Crippen LogP contribution in [0.15, 0.2) is 0 Å². The molecule has 2 nitrogen and oxygen atoms in total. The van der Waals surface area contributed by atoms with Crippen molar-refractivity contribution in [1.82, 2.24) is 0 Å². The maximum absolute atomic E-state index is 9.39. The van der Waals surface area contributed by atoms with Crippen molar-refractivity contribution >= 4 is 0 Å². The third-order valence-electron chi connectivity index (χ3n) is 2.35. The summed E-state index contributed by atoms with van der Waals surface area (Å²) in [5, 5.41) is 18.2. The third-order valence-corrected chi connectivity index (χ3v) is 2.35. The summed E-state index contributed by atoms with van der Waals surface area (Å²) in [6, 6.07) is 0. The van der Waals surface area contributed by atoms with Crippen LogP contribution in [-0.4, -0.2) is 22.9 Å². The van der Waals surface area contributed by atoms with E-state index in [0.717, 1.165) is 19.3 Å². The fourth-order valence-corrected chi connectivity index (χ4v) is 1.58. The Morgan fingerprint density at radius 1 is 1.10 bits per heavy atom. The number of hydrogen-bond acceptors (Lipinski definition) is 2. The van der Waals surface area contributed by atoms with Crippen LogP contribution in [0.25, 0.3) is 0 Å². The molecule has 0 spiro atoms. The van der Waals surface area contributed by atoms with Gasteiger partial charge in [-0.25, -0.2) is 0 Å². The fourth-order valence-electron chi connectivity index (χ4n) is 1.58. The number of aliphatic hydroxyl groups is 2. The summed E-state index contributed by atoms with van der Waals surface area (Å²) in [6.45, 7) is 0.154. The SMILES string of the molecule is OC[C@H]1CCCCC[C@H]1O. The molecule has 0 aromatic rings. The molecule has 0 aromatic heterocycles. The predicted molar refractivity (Wildman–Crippen MR) is 39.7 cm³/mol. The molecule has 2 atom stereocenters. The van der Waals surface area contributed by atoms with Crippen molar-refractivity contribution in [2.45, 2.75) is 38.2 Å². The average molecular weight is 144 g/mol. The molecule has 0 radical (unpaired) electrons. The normalized spacial score (nSPS) is 35.4. The highest BCUT2D eigenvalue weighted by atomic mass is 16.3. The molecule has 0 bridgehead atoms.